The number of benzene rings is 1. The monoisotopic (exact) mass is 299 g/mol. The van der Waals surface area contributed by atoms with E-state index >= 15 is 0 Å². The quantitative estimate of drug-likeness (QED) is 0.852. The molecule has 1 aromatic carbocycles. The molecule has 1 aromatic rings. The van der Waals surface area contributed by atoms with E-state index in [1.54, 1.807) is 24.3 Å². The summed E-state index contributed by atoms with van der Waals surface area (Å²) in [4.78, 5) is 0. The molecular weight excluding hydrogens is 278 g/mol. The van der Waals surface area contributed by atoms with Crippen LogP contribution in [0.5, 0.6) is 11.5 Å². The van der Waals surface area contributed by atoms with Crippen molar-refractivity contribution in [2.75, 3.05) is 24.7 Å². The molecule has 0 saturated carbocycles. The van der Waals surface area contributed by atoms with E-state index in [4.69, 9.17) is 10.5 Å². The highest BCUT2D eigenvalue weighted by Crippen LogP contribution is 2.27. The van der Waals surface area contributed by atoms with E-state index in [1.807, 2.05) is 0 Å². The van der Waals surface area contributed by atoms with Crippen LogP contribution in [-0.4, -0.2) is 38.2 Å². The molecule has 1 aliphatic rings. The van der Waals surface area contributed by atoms with Crippen LogP contribution in [0.4, 0.5) is 0 Å². The summed E-state index contributed by atoms with van der Waals surface area (Å²) >= 11 is 0. The van der Waals surface area contributed by atoms with E-state index in [0.29, 0.717) is 37.7 Å². The second kappa shape index (κ2) is 6.45. The molecule has 6 heteroatoms. The second-order valence-electron chi connectivity index (χ2n) is 5.29. The predicted molar refractivity (Wildman–Crippen MR) is 77.5 cm³/mol. The first-order valence-corrected chi connectivity index (χ1v) is 8.64. The first-order chi connectivity index (χ1) is 9.50. The van der Waals surface area contributed by atoms with Gasteiger partial charge in [-0.05, 0) is 49.6 Å². The molecule has 0 amide bonds. The first kappa shape index (κ1) is 15.1. The molecule has 1 atom stereocenters. The number of phenolic OH excluding ortho intramolecular Hbond substituents is 1. The minimum Gasteiger partial charge on any atom is -0.508 e. The molecular formula is C14H21NO4S. The fourth-order valence-corrected chi connectivity index (χ4v) is 4.05. The summed E-state index contributed by atoms with van der Waals surface area (Å²) in [5.74, 6) is 1.87. The number of ether oxygens (including phenoxy) is 1. The van der Waals surface area contributed by atoms with Gasteiger partial charge in [0.25, 0.3) is 0 Å². The van der Waals surface area contributed by atoms with Gasteiger partial charge in [0.1, 0.15) is 21.3 Å². The second-order valence-corrected chi connectivity index (χ2v) is 7.59. The van der Waals surface area contributed by atoms with Gasteiger partial charge in [0.2, 0.25) is 0 Å². The Labute approximate surface area is 119 Å². The lowest BCUT2D eigenvalue weighted by Crippen LogP contribution is -2.35. The van der Waals surface area contributed by atoms with Crippen molar-refractivity contribution in [2.24, 2.45) is 17.6 Å². The largest absolute Gasteiger partial charge is 0.508 e. The van der Waals surface area contributed by atoms with Crippen molar-refractivity contribution in [3.05, 3.63) is 24.3 Å². The van der Waals surface area contributed by atoms with Gasteiger partial charge in [-0.2, -0.15) is 0 Å². The Hall–Kier alpha value is -1.27. The highest BCUT2D eigenvalue weighted by atomic mass is 32.2. The first-order valence-electron chi connectivity index (χ1n) is 6.82. The molecule has 3 N–H and O–H groups in total. The topological polar surface area (TPSA) is 89.6 Å². The fraction of sp³-hybridized carbons (Fsp3) is 0.571. The number of nitrogens with two attached hydrogens (primary N) is 1. The van der Waals surface area contributed by atoms with E-state index in [-0.39, 0.29) is 23.2 Å². The standard InChI is InChI=1S/C14H21NO4S/c15-9-12(11-5-7-20(17,18)8-6-11)10-19-14-3-1-13(16)2-4-14/h1-4,11-12,16H,5-10,15H2. The van der Waals surface area contributed by atoms with Crippen LogP contribution in [0.15, 0.2) is 24.3 Å². The summed E-state index contributed by atoms with van der Waals surface area (Å²) in [7, 11) is -2.84. The van der Waals surface area contributed by atoms with Crippen LogP contribution < -0.4 is 10.5 Å². The number of aromatic hydroxyl groups is 1. The highest BCUT2D eigenvalue weighted by Gasteiger charge is 2.29. The summed E-state index contributed by atoms with van der Waals surface area (Å²) in [5.41, 5.74) is 5.79. The summed E-state index contributed by atoms with van der Waals surface area (Å²) in [5, 5.41) is 9.20. The highest BCUT2D eigenvalue weighted by molar-refractivity contribution is 7.91. The Bertz CT molecular complexity index is 513. The van der Waals surface area contributed by atoms with Gasteiger partial charge < -0.3 is 15.6 Å². The van der Waals surface area contributed by atoms with Crippen LogP contribution in [0.3, 0.4) is 0 Å². The van der Waals surface area contributed by atoms with Gasteiger partial charge in [0.15, 0.2) is 0 Å². The van der Waals surface area contributed by atoms with E-state index in [0.717, 1.165) is 0 Å². The molecule has 5 nitrogen and oxygen atoms in total. The third-order valence-electron chi connectivity index (χ3n) is 3.87. The van der Waals surface area contributed by atoms with Crippen molar-refractivity contribution in [3.63, 3.8) is 0 Å². The lowest BCUT2D eigenvalue weighted by atomic mass is 9.88. The Kier molecular flexibility index (Phi) is 4.88. The van der Waals surface area contributed by atoms with Crippen molar-refractivity contribution < 1.29 is 18.3 Å². The van der Waals surface area contributed by atoms with Crippen LogP contribution >= 0.6 is 0 Å². The molecule has 2 rings (SSSR count). The SMILES string of the molecule is NCC(COc1ccc(O)cc1)C1CCS(=O)(=O)CC1. The molecule has 112 valence electrons. The zero-order chi connectivity index (χ0) is 14.6. The molecule has 0 aromatic heterocycles. The van der Waals surface area contributed by atoms with Crippen molar-refractivity contribution in [1.29, 1.82) is 0 Å². The van der Waals surface area contributed by atoms with Gasteiger partial charge in [-0.15, -0.1) is 0 Å². The normalized spacial score (nSPS) is 20.4. The van der Waals surface area contributed by atoms with Gasteiger partial charge in [-0.3, -0.25) is 0 Å². The molecule has 20 heavy (non-hydrogen) atoms. The van der Waals surface area contributed by atoms with E-state index in [2.05, 4.69) is 0 Å². The molecule has 0 radical (unpaired) electrons. The molecule has 1 heterocycles. The zero-order valence-electron chi connectivity index (χ0n) is 11.4. The smallest absolute Gasteiger partial charge is 0.150 e. The van der Waals surface area contributed by atoms with Crippen LogP contribution in [0.25, 0.3) is 0 Å². The summed E-state index contributed by atoms with van der Waals surface area (Å²) in [6.07, 6.45) is 1.34. The number of phenols is 1. The zero-order valence-corrected chi connectivity index (χ0v) is 12.2. The molecule has 0 spiro atoms. The van der Waals surface area contributed by atoms with E-state index in [1.165, 1.54) is 0 Å². The maximum Gasteiger partial charge on any atom is 0.150 e. The number of hydrogen-bond acceptors (Lipinski definition) is 5. The Morgan fingerprint density at radius 2 is 1.85 bits per heavy atom. The van der Waals surface area contributed by atoms with Gasteiger partial charge in [0.05, 0.1) is 18.1 Å². The van der Waals surface area contributed by atoms with Crippen molar-refractivity contribution in [1.82, 2.24) is 0 Å². The van der Waals surface area contributed by atoms with Crippen LogP contribution in [-0.2, 0) is 9.84 Å². The van der Waals surface area contributed by atoms with Crippen LogP contribution in [0.1, 0.15) is 12.8 Å². The van der Waals surface area contributed by atoms with Crippen molar-refractivity contribution in [2.45, 2.75) is 12.8 Å². The van der Waals surface area contributed by atoms with Gasteiger partial charge in [-0.25, -0.2) is 8.42 Å². The molecule has 0 aliphatic carbocycles. The summed E-state index contributed by atoms with van der Waals surface area (Å²) < 4.78 is 28.5. The molecule has 1 aliphatic heterocycles. The molecule has 1 saturated heterocycles. The molecule has 1 unspecified atom stereocenters. The predicted octanol–water partition coefficient (Wildman–Crippen LogP) is 1.17. The minimum atomic E-state index is -2.84. The maximum absolute atomic E-state index is 11.4. The average Bonchev–Trinajstić information content (AvgIpc) is 2.43. The van der Waals surface area contributed by atoms with Gasteiger partial charge in [-0.1, -0.05) is 0 Å². The van der Waals surface area contributed by atoms with Crippen LogP contribution in [0, 0.1) is 11.8 Å². The average molecular weight is 299 g/mol. The van der Waals surface area contributed by atoms with Gasteiger partial charge in [0, 0.05) is 5.92 Å². The Morgan fingerprint density at radius 3 is 2.40 bits per heavy atom. The van der Waals surface area contributed by atoms with Crippen LogP contribution in [0.2, 0.25) is 0 Å². The number of hydrogen-bond donors (Lipinski definition) is 2. The Morgan fingerprint density at radius 1 is 1.25 bits per heavy atom. The van der Waals surface area contributed by atoms with E-state index in [9.17, 15) is 13.5 Å². The number of rotatable bonds is 5. The third kappa shape index (κ3) is 4.11. The number of sulfone groups is 1. The van der Waals surface area contributed by atoms with Gasteiger partial charge >= 0.3 is 0 Å². The maximum atomic E-state index is 11.4. The molecule has 1 fully saturated rings. The lowest BCUT2D eigenvalue weighted by Gasteiger charge is -2.29. The fourth-order valence-electron chi connectivity index (χ4n) is 2.52. The summed E-state index contributed by atoms with van der Waals surface area (Å²) in [6.45, 7) is 0.967. The van der Waals surface area contributed by atoms with Crippen molar-refractivity contribution >= 4 is 9.84 Å². The van der Waals surface area contributed by atoms with Crippen molar-refractivity contribution in [3.8, 4) is 11.5 Å². The Balaban J connectivity index is 1.88. The minimum absolute atomic E-state index is 0.166. The van der Waals surface area contributed by atoms with E-state index < -0.39 is 9.84 Å². The third-order valence-corrected chi connectivity index (χ3v) is 5.58. The molecule has 0 bridgehead atoms. The summed E-state index contributed by atoms with van der Waals surface area (Å²) in [6, 6.07) is 6.54. The lowest BCUT2D eigenvalue weighted by molar-refractivity contribution is 0.189.